The molecule has 0 heterocycles. The van der Waals surface area contributed by atoms with E-state index in [-0.39, 0.29) is 0 Å². The van der Waals surface area contributed by atoms with Crippen LogP contribution in [0.25, 0.3) is 0 Å². The van der Waals surface area contributed by atoms with E-state index in [1.165, 1.54) is 0 Å². The molecule has 130 valence electrons. The highest BCUT2D eigenvalue weighted by molar-refractivity contribution is 5.91. The van der Waals surface area contributed by atoms with Crippen molar-refractivity contribution in [3.63, 3.8) is 0 Å². The average Bonchev–Trinajstić information content (AvgIpc) is 2.69. The van der Waals surface area contributed by atoms with Gasteiger partial charge in [-0.3, -0.25) is 0 Å². The van der Waals surface area contributed by atoms with Crippen molar-refractivity contribution in [1.29, 1.82) is 0 Å². The van der Waals surface area contributed by atoms with Gasteiger partial charge in [0.1, 0.15) is 0 Å². The summed E-state index contributed by atoms with van der Waals surface area (Å²) < 4.78 is 10.9. The Morgan fingerprint density at radius 1 is 0.654 bits per heavy atom. The van der Waals surface area contributed by atoms with E-state index < -0.39 is 18.2 Å². The van der Waals surface area contributed by atoms with Crippen LogP contribution in [0.4, 0.5) is 0 Å². The topological polar surface area (TPSA) is 52.6 Å². The Kier molecular flexibility index (Phi) is 5.44. The number of hydrogen-bond donors (Lipinski definition) is 0. The number of rotatable bonds is 5. The molecule has 0 bridgehead atoms. The van der Waals surface area contributed by atoms with Crippen molar-refractivity contribution in [3.05, 3.63) is 107 Å². The van der Waals surface area contributed by atoms with Gasteiger partial charge in [-0.15, -0.1) is 0 Å². The van der Waals surface area contributed by atoms with Crippen LogP contribution in [0, 0.1) is 6.92 Å². The van der Waals surface area contributed by atoms with E-state index in [2.05, 4.69) is 0 Å². The SMILES string of the molecule is Cc1ccc(C(OC(=O)c2ccccc2)OC(=O)c2ccccc2)cc1. The maximum Gasteiger partial charge on any atom is 0.341 e. The van der Waals surface area contributed by atoms with Crippen LogP contribution in [-0.2, 0) is 9.47 Å². The average molecular weight is 346 g/mol. The minimum atomic E-state index is -1.13. The van der Waals surface area contributed by atoms with Gasteiger partial charge in [0, 0.05) is 5.56 Å². The second-order valence-corrected chi connectivity index (χ2v) is 5.79. The third-order valence-corrected chi connectivity index (χ3v) is 3.80. The minimum absolute atomic E-state index is 0.389. The molecular formula is C22H18O4. The summed E-state index contributed by atoms with van der Waals surface area (Å²) in [5.41, 5.74) is 2.42. The first kappa shape index (κ1) is 17.4. The molecule has 0 radical (unpaired) electrons. The number of carbonyl (C=O) groups excluding carboxylic acids is 2. The van der Waals surface area contributed by atoms with Crippen molar-refractivity contribution in [3.8, 4) is 0 Å². The van der Waals surface area contributed by atoms with E-state index in [1.807, 2.05) is 31.2 Å². The van der Waals surface area contributed by atoms with Gasteiger partial charge in [0.15, 0.2) is 0 Å². The number of esters is 2. The molecular weight excluding hydrogens is 328 g/mol. The largest absolute Gasteiger partial charge is 0.417 e. The van der Waals surface area contributed by atoms with Crippen LogP contribution in [0.15, 0.2) is 84.9 Å². The lowest BCUT2D eigenvalue weighted by atomic mass is 10.1. The lowest BCUT2D eigenvalue weighted by molar-refractivity contribution is -0.0823. The normalized spacial score (nSPS) is 10.4. The second-order valence-electron chi connectivity index (χ2n) is 5.79. The van der Waals surface area contributed by atoms with Gasteiger partial charge in [-0.1, -0.05) is 66.2 Å². The van der Waals surface area contributed by atoms with Crippen molar-refractivity contribution in [2.75, 3.05) is 0 Å². The van der Waals surface area contributed by atoms with Gasteiger partial charge < -0.3 is 9.47 Å². The van der Waals surface area contributed by atoms with Crippen molar-refractivity contribution in [2.45, 2.75) is 13.2 Å². The fourth-order valence-electron chi connectivity index (χ4n) is 2.36. The van der Waals surface area contributed by atoms with Crippen molar-refractivity contribution < 1.29 is 19.1 Å². The zero-order valence-corrected chi connectivity index (χ0v) is 14.3. The number of ether oxygens (including phenoxy) is 2. The predicted octanol–water partition coefficient (Wildman–Crippen LogP) is 4.71. The van der Waals surface area contributed by atoms with Crippen LogP contribution in [0.1, 0.15) is 38.1 Å². The Labute approximate surface area is 152 Å². The summed E-state index contributed by atoms with van der Waals surface area (Å²) in [7, 11) is 0. The first-order chi connectivity index (χ1) is 12.6. The lowest BCUT2D eigenvalue weighted by Gasteiger charge is -2.19. The summed E-state index contributed by atoms with van der Waals surface area (Å²) in [4.78, 5) is 24.8. The van der Waals surface area contributed by atoms with Crippen LogP contribution in [0.3, 0.4) is 0 Å². The van der Waals surface area contributed by atoms with Crippen molar-refractivity contribution in [2.24, 2.45) is 0 Å². The third-order valence-electron chi connectivity index (χ3n) is 3.80. The fourth-order valence-corrected chi connectivity index (χ4v) is 2.36. The molecule has 0 unspecified atom stereocenters. The molecule has 0 spiro atoms. The van der Waals surface area contributed by atoms with Gasteiger partial charge in [-0.25, -0.2) is 9.59 Å². The van der Waals surface area contributed by atoms with Crippen molar-refractivity contribution in [1.82, 2.24) is 0 Å². The van der Waals surface area contributed by atoms with Gasteiger partial charge in [0.05, 0.1) is 11.1 Å². The van der Waals surface area contributed by atoms with Crippen LogP contribution >= 0.6 is 0 Å². The van der Waals surface area contributed by atoms with Gasteiger partial charge in [0.2, 0.25) is 0 Å². The summed E-state index contributed by atoms with van der Waals surface area (Å²) in [5.74, 6) is -1.12. The summed E-state index contributed by atoms with van der Waals surface area (Å²) in [5, 5.41) is 0. The maximum absolute atomic E-state index is 12.4. The molecule has 0 aliphatic heterocycles. The maximum atomic E-state index is 12.4. The van der Waals surface area contributed by atoms with Crippen LogP contribution in [0.5, 0.6) is 0 Å². The fraction of sp³-hybridized carbons (Fsp3) is 0.0909. The number of carbonyl (C=O) groups is 2. The van der Waals surface area contributed by atoms with Crippen molar-refractivity contribution >= 4 is 11.9 Å². The molecule has 0 saturated carbocycles. The number of benzene rings is 3. The molecule has 3 aromatic carbocycles. The molecule has 0 amide bonds. The molecule has 0 aliphatic rings. The first-order valence-electron chi connectivity index (χ1n) is 8.22. The quantitative estimate of drug-likeness (QED) is 0.496. The van der Waals surface area contributed by atoms with E-state index in [1.54, 1.807) is 60.7 Å². The zero-order valence-electron chi connectivity index (χ0n) is 14.3. The molecule has 3 rings (SSSR count). The van der Waals surface area contributed by atoms with Crippen LogP contribution in [-0.4, -0.2) is 11.9 Å². The van der Waals surface area contributed by atoms with Gasteiger partial charge in [-0.05, 0) is 31.2 Å². The molecule has 0 aromatic heterocycles. The molecule has 26 heavy (non-hydrogen) atoms. The lowest BCUT2D eigenvalue weighted by Crippen LogP contribution is -2.18. The zero-order chi connectivity index (χ0) is 18.4. The van der Waals surface area contributed by atoms with E-state index in [0.717, 1.165) is 5.56 Å². The summed E-state index contributed by atoms with van der Waals surface area (Å²) in [6.45, 7) is 1.95. The molecule has 0 N–H and O–H groups in total. The highest BCUT2D eigenvalue weighted by Crippen LogP contribution is 2.23. The Hall–Kier alpha value is -3.40. The number of aryl methyl sites for hydroxylation is 1. The smallest absolute Gasteiger partial charge is 0.341 e. The van der Waals surface area contributed by atoms with Gasteiger partial charge >= 0.3 is 11.9 Å². The molecule has 4 nitrogen and oxygen atoms in total. The second kappa shape index (κ2) is 8.12. The first-order valence-corrected chi connectivity index (χ1v) is 8.22. The summed E-state index contributed by atoms with van der Waals surface area (Å²) in [6.07, 6.45) is -1.13. The number of hydrogen-bond acceptors (Lipinski definition) is 4. The Morgan fingerprint density at radius 3 is 1.50 bits per heavy atom. The molecule has 4 heteroatoms. The standard InChI is InChI=1S/C22H18O4/c1-16-12-14-19(15-13-16)22(25-20(23)17-8-4-2-5-9-17)26-21(24)18-10-6-3-7-11-18/h2-15,22H,1H3. The Balaban J connectivity index is 1.83. The summed E-state index contributed by atoms with van der Waals surface area (Å²) in [6, 6.07) is 24.5. The van der Waals surface area contributed by atoms with E-state index in [9.17, 15) is 9.59 Å². The van der Waals surface area contributed by atoms with Gasteiger partial charge in [0.25, 0.3) is 6.29 Å². The third kappa shape index (κ3) is 4.36. The van der Waals surface area contributed by atoms with Crippen LogP contribution < -0.4 is 0 Å². The Bertz CT molecular complexity index is 818. The monoisotopic (exact) mass is 346 g/mol. The highest BCUT2D eigenvalue weighted by Gasteiger charge is 2.22. The molecule has 0 aliphatic carbocycles. The molecule has 3 aromatic rings. The molecule has 0 fully saturated rings. The Morgan fingerprint density at radius 2 is 1.08 bits per heavy atom. The van der Waals surface area contributed by atoms with Gasteiger partial charge in [-0.2, -0.15) is 0 Å². The minimum Gasteiger partial charge on any atom is -0.417 e. The summed E-state index contributed by atoms with van der Waals surface area (Å²) >= 11 is 0. The van der Waals surface area contributed by atoms with E-state index in [0.29, 0.717) is 16.7 Å². The highest BCUT2D eigenvalue weighted by atomic mass is 16.7. The molecule has 0 atom stereocenters. The van der Waals surface area contributed by atoms with Crippen LogP contribution in [0.2, 0.25) is 0 Å². The van der Waals surface area contributed by atoms with E-state index >= 15 is 0 Å². The van der Waals surface area contributed by atoms with E-state index in [4.69, 9.17) is 9.47 Å². The predicted molar refractivity (Wildman–Crippen MR) is 97.6 cm³/mol. The molecule has 0 saturated heterocycles.